The van der Waals surface area contributed by atoms with Crippen LogP contribution in [0.4, 0.5) is 39.5 Å². The standard InChI is InChI=1S/C37H27F9O2/c1-2-3-4-5-22-6-16-30(33(40)18-22)36(42,43)47-27-12-7-23(8-13-27)24-9-14-28(31(38)19-24)25-10-15-29(32(39)20-25)26-11-17-35(34(41)21-26)48-37(44,45)46/h6-21H,2-5H2,1H3. The lowest BCUT2D eigenvalue weighted by molar-refractivity contribution is -0.275. The van der Waals surface area contributed by atoms with Gasteiger partial charge in [-0.2, -0.15) is 8.78 Å². The normalized spacial score (nSPS) is 11.9. The number of alkyl halides is 5. The fraction of sp³-hybridized carbons (Fsp3) is 0.189. The molecule has 0 atom stereocenters. The number of hydrogen-bond acceptors (Lipinski definition) is 2. The van der Waals surface area contributed by atoms with Gasteiger partial charge in [0.05, 0.1) is 5.56 Å². The molecule has 0 saturated heterocycles. The molecule has 11 heteroatoms. The largest absolute Gasteiger partial charge is 0.573 e. The topological polar surface area (TPSA) is 18.5 Å². The summed E-state index contributed by atoms with van der Waals surface area (Å²) in [5, 5.41) is 0. The SMILES string of the molecule is CCCCCc1ccc(C(F)(F)Oc2ccc(-c3ccc(-c4ccc(-c5ccc(OC(F)(F)F)c(F)c5)c(F)c4)c(F)c3)cc2)c(F)c1. The van der Waals surface area contributed by atoms with E-state index in [1.807, 2.05) is 6.92 Å². The summed E-state index contributed by atoms with van der Waals surface area (Å²) in [4.78, 5) is 0. The molecule has 0 saturated carbocycles. The van der Waals surface area contributed by atoms with Crippen LogP contribution >= 0.6 is 0 Å². The average Bonchev–Trinajstić information content (AvgIpc) is 3.02. The number of aryl methyl sites for hydroxylation is 1. The minimum Gasteiger partial charge on any atom is -0.429 e. The lowest BCUT2D eigenvalue weighted by Crippen LogP contribution is -2.23. The van der Waals surface area contributed by atoms with Gasteiger partial charge in [0.1, 0.15) is 23.2 Å². The molecule has 0 N–H and O–H groups in total. The molecule has 0 radical (unpaired) electrons. The molecule has 0 bridgehead atoms. The number of halogens is 9. The van der Waals surface area contributed by atoms with Gasteiger partial charge in [0, 0.05) is 11.1 Å². The van der Waals surface area contributed by atoms with Gasteiger partial charge in [-0.05, 0) is 89.2 Å². The van der Waals surface area contributed by atoms with Crippen LogP contribution in [0.25, 0.3) is 33.4 Å². The number of rotatable bonds is 11. The van der Waals surface area contributed by atoms with Crippen molar-refractivity contribution < 1.29 is 49.0 Å². The molecule has 48 heavy (non-hydrogen) atoms. The highest BCUT2D eigenvalue weighted by molar-refractivity contribution is 5.74. The van der Waals surface area contributed by atoms with Crippen molar-refractivity contribution in [2.75, 3.05) is 0 Å². The van der Waals surface area contributed by atoms with Crippen molar-refractivity contribution in [3.8, 4) is 44.9 Å². The van der Waals surface area contributed by atoms with Crippen LogP contribution in [0.1, 0.15) is 37.3 Å². The molecule has 2 nitrogen and oxygen atoms in total. The quantitative estimate of drug-likeness (QED) is 0.103. The number of hydrogen-bond donors (Lipinski definition) is 0. The first-order chi connectivity index (χ1) is 22.7. The van der Waals surface area contributed by atoms with Crippen molar-refractivity contribution in [3.63, 3.8) is 0 Å². The Balaban J connectivity index is 1.29. The summed E-state index contributed by atoms with van der Waals surface area (Å²) in [6.45, 7) is 2.03. The Kier molecular flexibility index (Phi) is 10.1. The molecule has 0 aliphatic rings. The molecular weight excluding hydrogens is 647 g/mol. The van der Waals surface area contributed by atoms with E-state index in [0.717, 1.165) is 55.7 Å². The second-order valence-corrected chi connectivity index (χ2v) is 11.0. The molecule has 0 aliphatic carbocycles. The summed E-state index contributed by atoms with van der Waals surface area (Å²) in [5.41, 5.74) is 0.486. The third kappa shape index (κ3) is 8.13. The van der Waals surface area contributed by atoms with Crippen molar-refractivity contribution >= 4 is 0 Å². The van der Waals surface area contributed by atoms with Gasteiger partial charge >= 0.3 is 12.5 Å². The van der Waals surface area contributed by atoms with E-state index in [1.165, 1.54) is 54.6 Å². The molecule has 0 amide bonds. The molecule has 0 unspecified atom stereocenters. The van der Waals surface area contributed by atoms with Crippen molar-refractivity contribution in [1.82, 2.24) is 0 Å². The first-order valence-electron chi connectivity index (χ1n) is 14.9. The Morgan fingerprint density at radius 1 is 0.521 bits per heavy atom. The fourth-order valence-electron chi connectivity index (χ4n) is 5.17. The van der Waals surface area contributed by atoms with Crippen molar-refractivity contribution in [1.29, 1.82) is 0 Å². The molecule has 5 rings (SSSR count). The number of unbranched alkanes of at least 4 members (excludes halogenated alkanes) is 2. The van der Waals surface area contributed by atoms with Gasteiger partial charge in [-0.15, -0.1) is 13.2 Å². The number of ether oxygens (including phenoxy) is 2. The highest BCUT2D eigenvalue weighted by Crippen LogP contribution is 2.37. The van der Waals surface area contributed by atoms with E-state index in [2.05, 4.69) is 4.74 Å². The predicted molar refractivity (Wildman–Crippen MR) is 163 cm³/mol. The molecule has 0 fully saturated rings. The van der Waals surface area contributed by atoms with Crippen LogP contribution in [0.3, 0.4) is 0 Å². The maximum absolute atomic E-state index is 15.2. The zero-order valence-corrected chi connectivity index (χ0v) is 25.3. The molecule has 250 valence electrons. The fourth-order valence-corrected chi connectivity index (χ4v) is 5.17. The first-order valence-corrected chi connectivity index (χ1v) is 14.9. The molecule has 5 aromatic rings. The molecule has 5 aromatic carbocycles. The minimum atomic E-state index is -5.10. The van der Waals surface area contributed by atoms with Crippen molar-refractivity contribution in [2.24, 2.45) is 0 Å². The average molecular weight is 675 g/mol. The van der Waals surface area contributed by atoms with Gasteiger partial charge in [-0.3, -0.25) is 0 Å². The minimum absolute atomic E-state index is 0.0160. The summed E-state index contributed by atoms with van der Waals surface area (Å²) in [6, 6.07) is 19.0. The second-order valence-electron chi connectivity index (χ2n) is 11.0. The van der Waals surface area contributed by atoms with Gasteiger partial charge < -0.3 is 9.47 Å². The van der Waals surface area contributed by atoms with E-state index in [0.29, 0.717) is 29.2 Å². The van der Waals surface area contributed by atoms with E-state index in [4.69, 9.17) is 4.74 Å². The Bertz CT molecular complexity index is 1900. The van der Waals surface area contributed by atoms with Crippen LogP contribution in [0.15, 0.2) is 97.1 Å². The van der Waals surface area contributed by atoms with Gasteiger partial charge in [0.2, 0.25) is 0 Å². The Hall–Kier alpha value is -4.93. The monoisotopic (exact) mass is 674 g/mol. The predicted octanol–water partition coefficient (Wildman–Crippen LogP) is 12.0. The Labute approximate surface area is 270 Å². The lowest BCUT2D eigenvalue weighted by atomic mass is 9.97. The highest BCUT2D eigenvalue weighted by Gasteiger charge is 2.37. The van der Waals surface area contributed by atoms with Gasteiger partial charge in [-0.25, -0.2) is 17.6 Å². The summed E-state index contributed by atoms with van der Waals surface area (Å²) in [7, 11) is 0. The Morgan fingerprint density at radius 3 is 1.65 bits per heavy atom. The van der Waals surface area contributed by atoms with Crippen LogP contribution < -0.4 is 9.47 Å². The molecular formula is C37H27F9O2. The molecule has 0 spiro atoms. The van der Waals surface area contributed by atoms with Crippen LogP contribution in [0.2, 0.25) is 0 Å². The van der Waals surface area contributed by atoms with E-state index in [-0.39, 0.29) is 28.0 Å². The summed E-state index contributed by atoms with van der Waals surface area (Å²) in [6.07, 6.45) is -5.73. The van der Waals surface area contributed by atoms with E-state index >= 15 is 8.78 Å². The second kappa shape index (κ2) is 14.0. The van der Waals surface area contributed by atoms with Crippen LogP contribution in [0, 0.1) is 23.3 Å². The van der Waals surface area contributed by atoms with Gasteiger partial charge in [0.25, 0.3) is 0 Å². The van der Waals surface area contributed by atoms with Crippen LogP contribution in [-0.2, 0) is 12.5 Å². The van der Waals surface area contributed by atoms with Crippen LogP contribution in [0.5, 0.6) is 11.5 Å². The van der Waals surface area contributed by atoms with Gasteiger partial charge in [0.15, 0.2) is 11.6 Å². The highest BCUT2D eigenvalue weighted by atomic mass is 19.4. The maximum atomic E-state index is 15.2. The summed E-state index contributed by atoms with van der Waals surface area (Å²) in [5.74, 6) is -5.35. The van der Waals surface area contributed by atoms with E-state index in [9.17, 15) is 30.7 Å². The van der Waals surface area contributed by atoms with Gasteiger partial charge in [-0.1, -0.05) is 68.3 Å². The summed E-state index contributed by atoms with van der Waals surface area (Å²) < 4.78 is 134. The lowest BCUT2D eigenvalue weighted by Gasteiger charge is -2.19. The van der Waals surface area contributed by atoms with Crippen molar-refractivity contribution in [2.45, 2.75) is 45.1 Å². The number of benzene rings is 5. The Morgan fingerprint density at radius 2 is 1.08 bits per heavy atom. The maximum Gasteiger partial charge on any atom is 0.573 e. The van der Waals surface area contributed by atoms with Crippen LogP contribution in [-0.4, -0.2) is 6.36 Å². The smallest absolute Gasteiger partial charge is 0.429 e. The molecule has 0 aliphatic heterocycles. The zero-order chi connectivity index (χ0) is 34.6. The molecule has 0 heterocycles. The van der Waals surface area contributed by atoms with Crippen molar-refractivity contribution in [3.05, 3.63) is 131 Å². The first kappa shape index (κ1) is 34.4. The van der Waals surface area contributed by atoms with E-state index in [1.54, 1.807) is 0 Å². The third-order valence-corrected chi connectivity index (χ3v) is 7.57. The van der Waals surface area contributed by atoms with E-state index < -0.39 is 47.1 Å². The summed E-state index contributed by atoms with van der Waals surface area (Å²) >= 11 is 0. The zero-order valence-electron chi connectivity index (χ0n) is 25.3. The molecule has 0 aromatic heterocycles. The third-order valence-electron chi connectivity index (χ3n) is 7.57.